The van der Waals surface area contributed by atoms with E-state index in [1.54, 1.807) is 6.21 Å². The summed E-state index contributed by atoms with van der Waals surface area (Å²) in [6.07, 6.45) is 1.61. The molecule has 0 spiro atoms. The lowest BCUT2D eigenvalue weighted by atomic mass is 10.2. The maximum Gasteiger partial charge on any atom is 0.259 e. The van der Waals surface area contributed by atoms with E-state index in [0.717, 1.165) is 29.7 Å². The van der Waals surface area contributed by atoms with Crippen LogP contribution in [0.25, 0.3) is 0 Å². The van der Waals surface area contributed by atoms with Crippen molar-refractivity contribution in [2.75, 3.05) is 11.9 Å². The molecule has 0 aliphatic heterocycles. The highest BCUT2D eigenvalue weighted by atomic mass is 127. The molecule has 0 bridgehead atoms. The van der Waals surface area contributed by atoms with Gasteiger partial charge in [0.25, 0.3) is 5.91 Å². The van der Waals surface area contributed by atoms with Crippen LogP contribution >= 0.6 is 56.8 Å². The molecule has 0 aliphatic carbocycles. The van der Waals surface area contributed by atoms with E-state index in [4.69, 9.17) is 16.3 Å². The zero-order valence-corrected chi connectivity index (χ0v) is 20.8. The van der Waals surface area contributed by atoms with E-state index in [0.29, 0.717) is 11.6 Å². The molecule has 0 aromatic heterocycles. The Kier molecular flexibility index (Phi) is 8.76. The summed E-state index contributed by atoms with van der Waals surface area (Å²) in [5, 5.41) is 7.76. The molecule has 5 nitrogen and oxygen atoms in total. The third-order valence-electron chi connectivity index (χ3n) is 3.98. The van der Waals surface area contributed by atoms with E-state index >= 15 is 0 Å². The first-order chi connectivity index (χ1) is 14.5. The highest BCUT2D eigenvalue weighted by Gasteiger charge is 2.10. The van der Waals surface area contributed by atoms with Crippen LogP contribution in [0.3, 0.4) is 0 Å². The fourth-order valence-electron chi connectivity index (χ4n) is 2.51. The number of nitrogens with one attached hydrogen (secondary N) is 2. The van der Waals surface area contributed by atoms with Crippen molar-refractivity contribution in [1.29, 1.82) is 0 Å². The second-order valence-corrected chi connectivity index (χ2v) is 8.94. The third-order valence-corrected chi connectivity index (χ3v) is 5.95. The largest absolute Gasteiger partial charge is 0.487 e. The standard InChI is InChI=1S/C22H18ClI2N3O2/c23-18-9-5-4-6-16(18)14-30-22-19(24)10-15(11-20(22)25)12-27-28-21(29)13-26-17-7-2-1-3-8-17/h1-12,26H,13-14H2,(H,28,29)/b27-12-. The van der Waals surface area contributed by atoms with Gasteiger partial charge in [-0.15, -0.1) is 0 Å². The summed E-state index contributed by atoms with van der Waals surface area (Å²) in [6.45, 7) is 0.537. The molecule has 0 radical (unpaired) electrons. The van der Waals surface area contributed by atoms with Crippen LogP contribution in [0.2, 0.25) is 5.02 Å². The minimum atomic E-state index is -0.223. The lowest BCUT2D eigenvalue weighted by molar-refractivity contribution is -0.119. The number of para-hydroxylation sites is 1. The number of carbonyl (C=O) groups excluding carboxylic acids is 1. The second kappa shape index (κ2) is 11.5. The van der Waals surface area contributed by atoms with Crippen LogP contribution in [0.5, 0.6) is 5.75 Å². The molecule has 0 unspecified atom stereocenters. The average molecular weight is 646 g/mol. The molecule has 3 rings (SSSR count). The quantitative estimate of drug-likeness (QED) is 0.188. The number of nitrogens with zero attached hydrogens (tertiary/aromatic N) is 1. The molecule has 0 saturated carbocycles. The first-order valence-corrected chi connectivity index (χ1v) is 11.5. The minimum Gasteiger partial charge on any atom is -0.487 e. The summed E-state index contributed by atoms with van der Waals surface area (Å²) in [7, 11) is 0. The number of amides is 1. The van der Waals surface area contributed by atoms with Gasteiger partial charge in [-0.25, -0.2) is 5.43 Å². The summed E-state index contributed by atoms with van der Waals surface area (Å²) in [5.41, 5.74) is 5.21. The molecule has 1 amide bonds. The zero-order valence-electron chi connectivity index (χ0n) is 15.7. The lowest BCUT2D eigenvalue weighted by Gasteiger charge is -2.12. The van der Waals surface area contributed by atoms with Crippen LogP contribution in [-0.2, 0) is 11.4 Å². The van der Waals surface area contributed by atoms with Crippen molar-refractivity contribution in [1.82, 2.24) is 5.43 Å². The predicted octanol–water partition coefficient (Wildman–Crippen LogP) is 5.69. The number of rotatable bonds is 8. The molecule has 2 N–H and O–H groups in total. The Bertz CT molecular complexity index is 1020. The highest BCUT2D eigenvalue weighted by molar-refractivity contribution is 14.1. The summed E-state index contributed by atoms with van der Waals surface area (Å²) in [5.74, 6) is 0.573. The summed E-state index contributed by atoms with van der Waals surface area (Å²) < 4.78 is 7.88. The number of hydrogen-bond donors (Lipinski definition) is 2. The molecule has 3 aromatic carbocycles. The maximum atomic E-state index is 11.9. The Morgan fingerprint density at radius 2 is 1.70 bits per heavy atom. The Labute approximate surface area is 207 Å². The Morgan fingerprint density at radius 1 is 1.03 bits per heavy atom. The van der Waals surface area contributed by atoms with Crippen LogP contribution in [-0.4, -0.2) is 18.7 Å². The van der Waals surface area contributed by atoms with Gasteiger partial charge in [0.2, 0.25) is 0 Å². The van der Waals surface area contributed by atoms with Crippen LogP contribution in [0.15, 0.2) is 71.8 Å². The Morgan fingerprint density at radius 3 is 2.40 bits per heavy atom. The number of carbonyl (C=O) groups is 1. The monoisotopic (exact) mass is 645 g/mol. The van der Waals surface area contributed by atoms with Crippen molar-refractivity contribution < 1.29 is 9.53 Å². The van der Waals surface area contributed by atoms with E-state index in [1.165, 1.54) is 0 Å². The van der Waals surface area contributed by atoms with Crippen molar-refractivity contribution in [2.24, 2.45) is 5.10 Å². The van der Waals surface area contributed by atoms with Crippen molar-refractivity contribution >= 4 is 74.6 Å². The van der Waals surface area contributed by atoms with Crippen LogP contribution < -0.4 is 15.5 Å². The normalized spacial score (nSPS) is 10.8. The molecule has 0 aliphatic rings. The van der Waals surface area contributed by atoms with Gasteiger partial charge in [0.15, 0.2) is 0 Å². The van der Waals surface area contributed by atoms with Gasteiger partial charge in [-0.05, 0) is 81.1 Å². The number of ether oxygens (including phenoxy) is 1. The van der Waals surface area contributed by atoms with E-state index in [1.807, 2.05) is 66.7 Å². The van der Waals surface area contributed by atoms with Crippen molar-refractivity contribution in [3.63, 3.8) is 0 Å². The van der Waals surface area contributed by atoms with Crippen LogP contribution in [0, 0.1) is 7.14 Å². The van der Waals surface area contributed by atoms with Crippen molar-refractivity contribution in [3.05, 3.63) is 90.0 Å². The van der Waals surface area contributed by atoms with Gasteiger partial charge in [-0.2, -0.15) is 5.10 Å². The van der Waals surface area contributed by atoms with E-state index in [-0.39, 0.29) is 12.5 Å². The fraction of sp³-hybridized carbons (Fsp3) is 0.0909. The molecule has 30 heavy (non-hydrogen) atoms. The molecule has 8 heteroatoms. The molecule has 3 aromatic rings. The van der Waals surface area contributed by atoms with Gasteiger partial charge in [0.05, 0.1) is 19.9 Å². The fourth-order valence-corrected chi connectivity index (χ4v) is 4.83. The number of benzene rings is 3. The first-order valence-electron chi connectivity index (χ1n) is 8.99. The Balaban J connectivity index is 1.55. The number of anilines is 1. The predicted molar refractivity (Wildman–Crippen MR) is 138 cm³/mol. The smallest absolute Gasteiger partial charge is 0.259 e. The van der Waals surface area contributed by atoms with Gasteiger partial charge in [0.1, 0.15) is 12.4 Å². The number of halogens is 3. The summed E-state index contributed by atoms with van der Waals surface area (Å²) in [6, 6.07) is 21.0. The lowest BCUT2D eigenvalue weighted by Crippen LogP contribution is -2.25. The summed E-state index contributed by atoms with van der Waals surface area (Å²) in [4.78, 5) is 11.9. The zero-order chi connectivity index (χ0) is 21.3. The first kappa shape index (κ1) is 22.8. The average Bonchev–Trinajstić information content (AvgIpc) is 2.73. The Hall–Kier alpha value is -1.85. The molecule has 0 fully saturated rings. The van der Waals surface area contributed by atoms with Crippen LogP contribution in [0.1, 0.15) is 11.1 Å². The van der Waals surface area contributed by atoms with Gasteiger partial charge in [-0.1, -0.05) is 48.0 Å². The van der Waals surface area contributed by atoms with E-state index in [9.17, 15) is 4.79 Å². The van der Waals surface area contributed by atoms with Gasteiger partial charge >= 0.3 is 0 Å². The number of hydrazone groups is 1. The third kappa shape index (κ3) is 6.85. The number of hydrogen-bond acceptors (Lipinski definition) is 4. The van der Waals surface area contributed by atoms with Gasteiger partial charge < -0.3 is 10.1 Å². The topological polar surface area (TPSA) is 62.7 Å². The van der Waals surface area contributed by atoms with Crippen LogP contribution in [0.4, 0.5) is 5.69 Å². The molecular weight excluding hydrogens is 628 g/mol. The molecular formula is C22H18ClI2N3O2. The SMILES string of the molecule is O=C(CNc1ccccc1)N/N=C\c1cc(I)c(OCc2ccccc2Cl)c(I)c1. The minimum absolute atomic E-state index is 0.144. The molecule has 0 atom stereocenters. The maximum absolute atomic E-state index is 11.9. The molecule has 0 heterocycles. The second-order valence-electron chi connectivity index (χ2n) is 6.21. The van der Waals surface area contributed by atoms with Crippen molar-refractivity contribution in [2.45, 2.75) is 6.61 Å². The summed E-state index contributed by atoms with van der Waals surface area (Å²) >= 11 is 10.6. The highest BCUT2D eigenvalue weighted by Crippen LogP contribution is 2.30. The molecule has 0 saturated heterocycles. The molecule has 154 valence electrons. The van der Waals surface area contributed by atoms with E-state index < -0.39 is 0 Å². The van der Waals surface area contributed by atoms with Crippen molar-refractivity contribution in [3.8, 4) is 5.75 Å². The van der Waals surface area contributed by atoms with Gasteiger partial charge in [0, 0.05) is 16.3 Å². The van der Waals surface area contributed by atoms with E-state index in [2.05, 4.69) is 61.0 Å². The van der Waals surface area contributed by atoms with Gasteiger partial charge in [-0.3, -0.25) is 4.79 Å².